The summed E-state index contributed by atoms with van der Waals surface area (Å²) in [5, 5.41) is 3.49. The van der Waals surface area contributed by atoms with Crippen LogP contribution < -0.4 is 11.6 Å². The molecule has 1 aliphatic rings. The van der Waals surface area contributed by atoms with E-state index in [0.717, 1.165) is 19.0 Å². The van der Waals surface area contributed by atoms with Gasteiger partial charge in [0.25, 0.3) is 0 Å². The van der Waals surface area contributed by atoms with Crippen molar-refractivity contribution in [1.29, 1.82) is 0 Å². The van der Waals surface area contributed by atoms with Gasteiger partial charge in [-0.25, -0.2) is 0 Å². The van der Waals surface area contributed by atoms with E-state index in [1.165, 1.54) is 19.3 Å². The Morgan fingerprint density at radius 2 is 2.42 bits per heavy atom. The van der Waals surface area contributed by atoms with Crippen molar-refractivity contribution in [2.45, 2.75) is 26.2 Å². The molecule has 4 heteroatoms. The average Bonchev–Trinajstić information content (AvgIpc) is 2.52. The van der Waals surface area contributed by atoms with Crippen molar-refractivity contribution in [2.24, 2.45) is 22.6 Å². The fraction of sp³-hybridized carbons (Fsp3) is 0.875. The van der Waals surface area contributed by atoms with Crippen molar-refractivity contribution < 1.29 is 0 Å². The number of hydrogen-bond donors (Lipinski definition) is 2. The Labute approximate surface area is 73.6 Å². The highest BCUT2D eigenvalue weighted by Gasteiger charge is 2.22. The highest BCUT2D eigenvalue weighted by molar-refractivity contribution is 5.77. The van der Waals surface area contributed by atoms with Gasteiger partial charge in [-0.3, -0.25) is 0 Å². The first kappa shape index (κ1) is 9.16. The van der Waals surface area contributed by atoms with Gasteiger partial charge < -0.3 is 16.5 Å². The van der Waals surface area contributed by atoms with Crippen LogP contribution in [-0.2, 0) is 0 Å². The molecular formula is C8H18N4. The summed E-state index contributed by atoms with van der Waals surface area (Å²) in [6, 6.07) is 0. The second-order valence-electron chi connectivity index (χ2n) is 3.38. The fourth-order valence-corrected chi connectivity index (χ4v) is 1.77. The van der Waals surface area contributed by atoms with E-state index in [1.807, 2.05) is 0 Å². The van der Waals surface area contributed by atoms with Crippen LogP contribution in [0.2, 0.25) is 0 Å². The van der Waals surface area contributed by atoms with Gasteiger partial charge in [0.05, 0.1) is 0 Å². The molecule has 0 spiro atoms. The summed E-state index contributed by atoms with van der Waals surface area (Å²) in [5.74, 6) is 6.36. The Morgan fingerprint density at radius 3 is 3.00 bits per heavy atom. The molecule has 0 amide bonds. The second kappa shape index (κ2) is 4.18. The van der Waals surface area contributed by atoms with Crippen molar-refractivity contribution in [1.82, 2.24) is 4.90 Å². The van der Waals surface area contributed by atoms with E-state index < -0.39 is 0 Å². The molecule has 0 radical (unpaired) electrons. The minimum Gasteiger partial charge on any atom is -0.368 e. The van der Waals surface area contributed by atoms with E-state index in [9.17, 15) is 0 Å². The van der Waals surface area contributed by atoms with Gasteiger partial charge in [0.1, 0.15) is 0 Å². The number of nitrogens with two attached hydrogens (primary N) is 2. The predicted molar refractivity (Wildman–Crippen MR) is 50.4 cm³/mol. The summed E-state index contributed by atoms with van der Waals surface area (Å²) in [4.78, 5) is 2.06. The fourth-order valence-electron chi connectivity index (χ4n) is 1.77. The molecule has 12 heavy (non-hydrogen) atoms. The SMILES string of the molecule is CCCC1CCN(C(N)=NN)C1. The number of hydrogen-bond acceptors (Lipinski definition) is 2. The summed E-state index contributed by atoms with van der Waals surface area (Å²) in [6.45, 7) is 4.25. The number of rotatable bonds is 2. The molecular weight excluding hydrogens is 152 g/mol. The third-order valence-electron chi connectivity index (χ3n) is 2.44. The average molecular weight is 170 g/mol. The summed E-state index contributed by atoms with van der Waals surface area (Å²) >= 11 is 0. The van der Waals surface area contributed by atoms with Crippen molar-refractivity contribution in [3.8, 4) is 0 Å². The van der Waals surface area contributed by atoms with Crippen molar-refractivity contribution in [3.63, 3.8) is 0 Å². The zero-order chi connectivity index (χ0) is 8.97. The molecule has 1 heterocycles. The van der Waals surface area contributed by atoms with Gasteiger partial charge in [-0.2, -0.15) is 0 Å². The topological polar surface area (TPSA) is 67.6 Å². The second-order valence-corrected chi connectivity index (χ2v) is 3.38. The molecule has 4 N–H and O–H groups in total. The van der Waals surface area contributed by atoms with Crippen LogP contribution in [0.1, 0.15) is 26.2 Å². The Morgan fingerprint density at radius 1 is 1.67 bits per heavy atom. The quantitative estimate of drug-likeness (QED) is 0.271. The Balaban J connectivity index is 2.35. The summed E-state index contributed by atoms with van der Waals surface area (Å²) in [6.07, 6.45) is 3.76. The maximum Gasteiger partial charge on any atom is 0.213 e. The van der Waals surface area contributed by atoms with Gasteiger partial charge in [-0.1, -0.05) is 13.3 Å². The van der Waals surface area contributed by atoms with E-state index in [4.69, 9.17) is 11.6 Å². The number of likely N-dealkylation sites (tertiary alicyclic amines) is 1. The molecule has 4 nitrogen and oxygen atoms in total. The van der Waals surface area contributed by atoms with Gasteiger partial charge in [-0.15, -0.1) is 5.10 Å². The molecule has 70 valence electrons. The lowest BCUT2D eigenvalue weighted by Gasteiger charge is -2.15. The van der Waals surface area contributed by atoms with Gasteiger partial charge in [0.15, 0.2) is 0 Å². The lowest BCUT2D eigenvalue weighted by Crippen LogP contribution is -2.36. The normalized spacial score (nSPS) is 24.9. The summed E-state index contributed by atoms with van der Waals surface area (Å²) in [5.41, 5.74) is 5.59. The van der Waals surface area contributed by atoms with Crippen LogP contribution in [-0.4, -0.2) is 23.9 Å². The molecule has 1 rings (SSSR count). The number of hydrazone groups is 1. The monoisotopic (exact) mass is 170 g/mol. The first-order valence-corrected chi connectivity index (χ1v) is 4.56. The molecule has 1 aliphatic heterocycles. The molecule has 1 unspecified atom stereocenters. The highest BCUT2D eigenvalue weighted by atomic mass is 15.3. The third kappa shape index (κ3) is 2.03. The molecule has 1 atom stereocenters. The van der Waals surface area contributed by atoms with Crippen LogP contribution in [0.4, 0.5) is 0 Å². The molecule has 1 saturated heterocycles. The van der Waals surface area contributed by atoms with Crippen LogP contribution in [0, 0.1) is 5.92 Å². The standard InChI is InChI=1S/C8H18N4/c1-2-3-7-4-5-12(6-7)8(9)11-10/h7H,2-6,10H2,1H3,(H2,9,11). The Bertz CT molecular complexity index is 166. The maximum atomic E-state index is 5.59. The van der Waals surface area contributed by atoms with Crippen LogP contribution in [0.25, 0.3) is 0 Å². The zero-order valence-corrected chi connectivity index (χ0v) is 7.66. The minimum atomic E-state index is 0.480. The Kier molecular flexibility index (Phi) is 3.19. The molecule has 0 aromatic heterocycles. The van der Waals surface area contributed by atoms with Crippen molar-refractivity contribution in [2.75, 3.05) is 13.1 Å². The summed E-state index contributed by atoms with van der Waals surface area (Å²) in [7, 11) is 0. The van der Waals surface area contributed by atoms with E-state index in [-0.39, 0.29) is 0 Å². The van der Waals surface area contributed by atoms with E-state index in [1.54, 1.807) is 0 Å². The zero-order valence-electron chi connectivity index (χ0n) is 7.66. The number of nitrogens with zero attached hydrogens (tertiary/aromatic N) is 2. The molecule has 0 saturated carbocycles. The van der Waals surface area contributed by atoms with Crippen molar-refractivity contribution in [3.05, 3.63) is 0 Å². The molecule has 0 aliphatic carbocycles. The number of guanidine groups is 1. The van der Waals surface area contributed by atoms with Gasteiger partial charge in [-0.05, 0) is 18.8 Å². The lowest BCUT2D eigenvalue weighted by molar-refractivity contribution is 0.454. The van der Waals surface area contributed by atoms with Gasteiger partial charge in [0.2, 0.25) is 5.96 Å². The maximum absolute atomic E-state index is 5.59. The predicted octanol–water partition coefficient (Wildman–Crippen LogP) is 0.297. The smallest absolute Gasteiger partial charge is 0.213 e. The van der Waals surface area contributed by atoms with E-state index >= 15 is 0 Å². The van der Waals surface area contributed by atoms with Crippen LogP contribution in [0.3, 0.4) is 0 Å². The summed E-state index contributed by atoms with van der Waals surface area (Å²) < 4.78 is 0. The largest absolute Gasteiger partial charge is 0.368 e. The Hall–Kier alpha value is -0.930. The van der Waals surface area contributed by atoms with E-state index in [0.29, 0.717) is 5.96 Å². The van der Waals surface area contributed by atoms with Crippen LogP contribution in [0.15, 0.2) is 5.10 Å². The molecule has 0 aromatic rings. The van der Waals surface area contributed by atoms with Gasteiger partial charge >= 0.3 is 0 Å². The highest BCUT2D eigenvalue weighted by Crippen LogP contribution is 2.19. The molecule has 1 fully saturated rings. The third-order valence-corrected chi connectivity index (χ3v) is 2.44. The molecule has 0 aromatic carbocycles. The molecule has 0 bridgehead atoms. The van der Waals surface area contributed by atoms with Crippen LogP contribution >= 0.6 is 0 Å². The first-order valence-electron chi connectivity index (χ1n) is 4.56. The van der Waals surface area contributed by atoms with Crippen LogP contribution in [0.5, 0.6) is 0 Å². The van der Waals surface area contributed by atoms with E-state index in [2.05, 4.69) is 16.9 Å². The lowest BCUT2D eigenvalue weighted by atomic mass is 10.0. The van der Waals surface area contributed by atoms with Crippen molar-refractivity contribution >= 4 is 5.96 Å². The first-order chi connectivity index (χ1) is 5.77. The minimum absolute atomic E-state index is 0.480. The van der Waals surface area contributed by atoms with Gasteiger partial charge in [0, 0.05) is 13.1 Å².